The van der Waals surface area contributed by atoms with Crippen molar-refractivity contribution in [1.29, 1.82) is 0 Å². The van der Waals surface area contributed by atoms with Crippen LogP contribution in [0.15, 0.2) is 24.3 Å². The Hall–Kier alpha value is -0.340. The zero-order valence-electron chi connectivity index (χ0n) is 9.79. The fraction of sp³-hybridized carbons (Fsp3) is 0.571. The second-order valence-electron chi connectivity index (χ2n) is 4.54. The van der Waals surface area contributed by atoms with Gasteiger partial charge in [-0.3, -0.25) is 0 Å². The SMILES string of the molecule is Cc1ccccc1C(CBr)OC1CCCC1. The summed E-state index contributed by atoms with van der Waals surface area (Å²) in [4.78, 5) is 0. The lowest BCUT2D eigenvalue weighted by molar-refractivity contribution is 0.00404. The lowest BCUT2D eigenvalue weighted by Crippen LogP contribution is -2.15. The van der Waals surface area contributed by atoms with E-state index < -0.39 is 0 Å². The van der Waals surface area contributed by atoms with Crippen molar-refractivity contribution in [1.82, 2.24) is 0 Å². The van der Waals surface area contributed by atoms with Crippen molar-refractivity contribution < 1.29 is 4.74 Å². The van der Waals surface area contributed by atoms with Gasteiger partial charge in [-0.1, -0.05) is 53.0 Å². The number of rotatable bonds is 4. The molecule has 1 atom stereocenters. The van der Waals surface area contributed by atoms with E-state index in [1.807, 2.05) is 0 Å². The first-order valence-electron chi connectivity index (χ1n) is 6.08. The molecule has 1 fully saturated rings. The summed E-state index contributed by atoms with van der Waals surface area (Å²) in [7, 11) is 0. The number of ether oxygens (including phenoxy) is 1. The predicted molar refractivity (Wildman–Crippen MR) is 71.1 cm³/mol. The summed E-state index contributed by atoms with van der Waals surface area (Å²) in [6, 6.07) is 8.51. The highest BCUT2D eigenvalue weighted by atomic mass is 79.9. The molecule has 0 saturated heterocycles. The Bertz CT molecular complexity index is 331. The van der Waals surface area contributed by atoms with Crippen LogP contribution < -0.4 is 0 Å². The molecule has 1 nitrogen and oxygen atoms in total. The minimum absolute atomic E-state index is 0.212. The van der Waals surface area contributed by atoms with Crippen LogP contribution in [0.5, 0.6) is 0 Å². The van der Waals surface area contributed by atoms with Crippen molar-refractivity contribution in [2.75, 3.05) is 5.33 Å². The number of benzene rings is 1. The van der Waals surface area contributed by atoms with E-state index in [4.69, 9.17) is 4.74 Å². The Kier molecular flexibility index (Phi) is 4.42. The van der Waals surface area contributed by atoms with Crippen molar-refractivity contribution in [3.05, 3.63) is 35.4 Å². The van der Waals surface area contributed by atoms with Gasteiger partial charge in [-0.15, -0.1) is 0 Å². The average Bonchev–Trinajstić information content (AvgIpc) is 2.80. The first-order valence-corrected chi connectivity index (χ1v) is 7.20. The molecule has 88 valence electrons. The Morgan fingerprint density at radius 2 is 2.00 bits per heavy atom. The van der Waals surface area contributed by atoms with Gasteiger partial charge in [0.15, 0.2) is 0 Å². The largest absolute Gasteiger partial charge is 0.369 e. The van der Waals surface area contributed by atoms with Crippen LogP contribution in [0.2, 0.25) is 0 Å². The molecule has 1 aliphatic rings. The number of hydrogen-bond acceptors (Lipinski definition) is 1. The average molecular weight is 283 g/mol. The van der Waals surface area contributed by atoms with E-state index >= 15 is 0 Å². The summed E-state index contributed by atoms with van der Waals surface area (Å²) in [5.74, 6) is 0. The van der Waals surface area contributed by atoms with Gasteiger partial charge >= 0.3 is 0 Å². The maximum atomic E-state index is 6.18. The molecule has 0 N–H and O–H groups in total. The van der Waals surface area contributed by atoms with E-state index in [1.54, 1.807) is 0 Å². The monoisotopic (exact) mass is 282 g/mol. The summed E-state index contributed by atoms with van der Waals surface area (Å²) in [5.41, 5.74) is 2.65. The molecule has 16 heavy (non-hydrogen) atoms. The van der Waals surface area contributed by atoms with Crippen molar-refractivity contribution in [2.24, 2.45) is 0 Å². The quantitative estimate of drug-likeness (QED) is 0.745. The highest BCUT2D eigenvalue weighted by Gasteiger charge is 2.21. The molecule has 1 saturated carbocycles. The smallest absolute Gasteiger partial charge is 0.0927 e. The third-order valence-corrected chi connectivity index (χ3v) is 3.92. The molecular formula is C14H19BrO. The van der Waals surface area contributed by atoms with Gasteiger partial charge in [0, 0.05) is 5.33 Å². The minimum Gasteiger partial charge on any atom is -0.369 e. The van der Waals surface area contributed by atoms with E-state index in [0.717, 1.165) is 5.33 Å². The highest BCUT2D eigenvalue weighted by molar-refractivity contribution is 9.09. The van der Waals surface area contributed by atoms with Crippen molar-refractivity contribution in [3.63, 3.8) is 0 Å². The fourth-order valence-electron chi connectivity index (χ4n) is 2.40. The Balaban J connectivity index is 2.06. The molecule has 1 aliphatic carbocycles. The molecule has 0 aromatic heterocycles. The Labute approximate surface area is 106 Å². The summed E-state index contributed by atoms with van der Waals surface area (Å²) in [5, 5.41) is 0.883. The van der Waals surface area contributed by atoms with E-state index in [0.29, 0.717) is 6.10 Å². The molecule has 1 aromatic rings. The molecule has 0 radical (unpaired) electrons. The van der Waals surface area contributed by atoms with Gasteiger partial charge in [0.1, 0.15) is 0 Å². The number of alkyl halides is 1. The van der Waals surface area contributed by atoms with Crippen LogP contribution in [0, 0.1) is 6.92 Å². The zero-order valence-corrected chi connectivity index (χ0v) is 11.4. The molecule has 2 heteroatoms. The molecule has 2 rings (SSSR count). The minimum atomic E-state index is 0.212. The standard InChI is InChI=1S/C14H19BrO/c1-11-6-2-5-9-13(11)14(10-15)16-12-7-3-4-8-12/h2,5-6,9,12,14H,3-4,7-8,10H2,1H3. The van der Waals surface area contributed by atoms with E-state index in [9.17, 15) is 0 Å². The highest BCUT2D eigenvalue weighted by Crippen LogP contribution is 2.30. The normalized spacial score (nSPS) is 18.9. The van der Waals surface area contributed by atoms with E-state index in [2.05, 4.69) is 47.1 Å². The third kappa shape index (κ3) is 2.86. The van der Waals surface area contributed by atoms with Crippen LogP contribution in [-0.4, -0.2) is 11.4 Å². The lowest BCUT2D eigenvalue weighted by atomic mass is 10.0. The Morgan fingerprint density at radius 1 is 1.31 bits per heavy atom. The van der Waals surface area contributed by atoms with Gasteiger partial charge in [-0.05, 0) is 30.9 Å². The summed E-state index contributed by atoms with van der Waals surface area (Å²) >= 11 is 3.57. The van der Waals surface area contributed by atoms with Gasteiger partial charge in [-0.2, -0.15) is 0 Å². The molecule has 0 bridgehead atoms. The maximum Gasteiger partial charge on any atom is 0.0927 e. The van der Waals surface area contributed by atoms with Crippen LogP contribution in [0.1, 0.15) is 42.9 Å². The lowest BCUT2D eigenvalue weighted by Gasteiger charge is -2.22. The number of aryl methyl sites for hydroxylation is 1. The van der Waals surface area contributed by atoms with Crippen LogP contribution in [-0.2, 0) is 4.74 Å². The van der Waals surface area contributed by atoms with E-state index in [-0.39, 0.29) is 6.10 Å². The predicted octanol–water partition coefficient (Wildman–Crippen LogP) is 4.39. The van der Waals surface area contributed by atoms with Crippen molar-refractivity contribution in [2.45, 2.75) is 44.8 Å². The maximum absolute atomic E-state index is 6.18. The van der Waals surface area contributed by atoms with Crippen LogP contribution in [0.3, 0.4) is 0 Å². The topological polar surface area (TPSA) is 9.23 Å². The summed E-state index contributed by atoms with van der Waals surface area (Å²) in [6.07, 6.45) is 5.80. The molecule has 1 aromatic carbocycles. The number of halogens is 1. The van der Waals surface area contributed by atoms with Crippen LogP contribution in [0.25, 0.3) is 0 Å². The zero-order chi connectivity index (χ0) is 11.4. The second-order valence-corrected chi connectivity index (χ2v) is 5.19. The first kappa shape index (κ1) is 12.1. The number of hydrogen-bond donors (Lipinski definition) is 0. The van der Waals surface area contributed by atoms with Gasteiger partial charge in [0.05, 0.1) is 12.2 Å². The van der Waals surface area contributed by atoms with Gasteiger partial charge < -0.3 is 4.74 Å². The van der Waals surface area contributed by atoms with Gasteiger partial charge in [0.25, 0.3) is 0 Å². The molecule has 0 heterocycles. The van der Waals surface area contributed by atoms with Crippen molar-refractivity contribution >= 4 is 15.9 Å². The third-order valence-electron chi connectivity index (χ3n) is 3.33. The van der Waals surface area contributed by atoms with Gasteiger partial charge in [0.2, 0.25) is 0 Å². The molecular weight excluding hydrogens is 264 g/mol. The second kappa shape index (κ2) is 5.83. The summed E-state index contributed by atoms with van der Waals surface area (Å²) < 4.78 is 6.18. The van der Waals surface area contributed by atoms with Crippen molar-refractivity contribution in [3.8, 4) is 0 Å². The molecule has 0 spiro atoms. The summed E-state index contributed by atoms with van der Waals surface area (Å²) in [6.45, 7) is 2.16. The van der Waals surface area contributed by atoms with Crippen LogP contribution >= 0.6 is 15.9 Å². The first-order chi connectivity index (χ1) is 7.81. The van der Waals surface area contributed by atoms with Gasteiger partial charge in [-0.25, -0.2) is 0 Å². The molecule has 1 unspecified atom stereocenters. The fourth-order valence-corrected chi connectivity index (χ4v) is 2.90. The molecule has 0 amide bonds. The van der Waals surface area contributed by atoms with E-state index in [1.165, 1.54) is 36.8 Å². The van der Waals surface area contributed by atoms with Crippen LogP contribution in [0.4, 0.5) is 0 Å². The molecule has 0 aliphatic heterocycles. The Morgan fingerprint density at radius 3 is 2.62 bits per heavy atom.